The van der Waals surface area contributed by atoms with E-state index in [0.717, 1.165) is 36.7 Å². The highest BCUT2D eigenvalue weighted by Gasteiger charge is 2.58. The van der Waals surface area contributed by atoms with Gasteiger partial charge in [0.1, 0.15) is 5.66 Å². The molecule has 3 aliphatic heterocycles. The van der Waals surface area contributed by atoms with Crippen LogP contribution in [0.1, 0.15) is 12.8 Å². The van der Waals surface area contributed by atoms with Crippen molar-refractivity contribution < 1.29 is 17.9 Å². The number of fused-ring (bicyclic) bond motifs is 2. The topological polar surface area (TPSA) is 91.0 Å². The fraction of sp³-hybridized carbons (Fsp3) is 0.500. The summed E-state index contributed by atoms with van der Waals surface area (Å²) in [7, 11) is -2.31. The van der Waals surface area contributed by atoms with Gasteiger partial charge in [0.05, 0.1) is 24.6 Å². The third-order valence-corrected chi connectivity index (χ3v) is 8.90. The normalized spacial score (nSPS) is 26.1. The maximum absolute atomic E-state index is 13.6. The number of nitrogens with zero attached hydrogens (tertiary/aromatic N) is 2. The molecule has 3 aliphatic rings. The van der Waals surface area contributed by atoms with Crippen LogP contribution in [0.3, 0.4) is 0 Å². The van der Waals surface area contributed by atoms with Crippen molar-refractivity contribution in [1.82, 2.24) is 19.8 Å². The van der Waals surface area contributed by atoms with Crippen molar-refractivity contribution in [3.05, 3.63) is 41.4 Å². The van der Waals surface area contributed by atoms with Gasteiger partial charge in [0, 0.05) is 24.2 Å². The highest BCUT2D eigenvalue weighted by molar-refractivity contribution is 7.89. The number of carbonyl (C=O) groups excluding carboxylic acids is 1. The molecule has 5 rings (SSSR count). The van der Waals surface area contributed by atoms with E-state index in [4.69, 9.17) is 16.3 Å². The molecule has 0 bridgehead atoms. The number of nitrogens with one attached hydrogen (secondary N) is 2. The molecule has 0 saturated carbocycles. The summed E-state index contributed by atoms with van der Waals surface area (Å²) >= 11 is 6.05. The summed E-state index contributed by atoms with van der Waals surface area (Å²) in [5, 5.41) is 9.25. The fourth-order valence-electron chi connectivity index (χ4n) is 5.35. The minimum Gasteiger partial charge on any atom is -0.381 e. The Labute approximate surface area is 192 Å². The van der Waals surface area contributed by atoms with Crippen molar-refractivity contribution in [3.8, 4) is 0 Å². The van der Waals surface area contributed by atoms with Gasteiger partial charge in [0.15, 0.2) is 0 Å². The van der Waals surface area contributed by atoms with Gasteiger partial charge < -0.3 is 15.0 Å². The van der Waals surface area contributed by atoms with Crippen molar-refractivity contribution >= 4 is 38.3 Å². The smallest absolute Gasteiger partial charge is 0.243 e. The number of ether oxygens (including phenoxy) is 1. The van der Waals surface area contributed by atoms with Gasteiger partial charge in [-0.2, -0.15) is 4.31 Å². The minimum atomic E-state index is -3.89. The Balaban J connectivity index is 1.49. The number of sulfonamides is 1. The third-order valence-electron chi connectivity index (χ3n) is 6.88. The van der Waals surface area contributed by atoms with E-state index < -0.39 is 15.7 Å². The second kappa shape index (κ2) is 7.93. The van der Waals surface area contributed by atoms with Crippen molar-refractivity contribution in [2.24, 2.45) is 0 Å². The molecule has 2 aromatic carbocycles. The van der Waals surface area contributed by atoms with E-state index in [1.54, 1.807) is 48.4 Å². The summed E-state index contributed by atoms with van der Waals surface area (Å²) in [4.78, 5) is 15.2. The number of hydrogen-bond donors (Lipinski definition) is 2. The molecule has 1 spiro atoms. The number of piperidine rings is 1. The SMILES string of the molecule is COC[C@@]12CN(S(=O)(=O)c3ccc4cc(Cl)ccc4c3)CC(=O)N1CC1(CCNCC1)N2. The molecule has 3 heterocycles. The van der Waals surface area contributed by atoms with Gasteiger partial charge in [-0.15, -0.1) is 0 Å². The molecular formula is C22H27ClN4O4S. The minimum absolute atomic E-state index is 0.142. The van der Waals surface area contributed by atoms with Gasteiger partial charge in [0.2, 0.25) is 15.9 Å². The molecule has 172 valence electrons. The second-order valence-electron chi connectivity index (χ2n) is 9.03. The lowest BCUT2D eigenvalue weighted by molar-refractivity contribution is -0.144. The standard InChI is InChI=1S/C22H27ClN4O4S/c1-31-15-22-14-26(12-20(28)27(22)13-21(25-22)6-8-24-9-7-21)32(29,30)19-5-3-16-10-18(23)4-2-17(16)11-19/h2-5,10-11,24-25H,6-9,12-15H2,1H3/t22-/m1/s1. The number of halogens is 1. The molecule has 1 amide bonds. The number of methoxy groups -OCH3 is 1. The lowest BCUT2D eigenvalue weighted by Gasteiger charge is -2.45. The molecule has 0 unspecified atom stereocenters. The average Bonchev–Trinajstić information content (AvgIpc) is 3.07. The number of rotatable bonds is 4. The average molecular weight is 479 g/mol. The second-order valence-corrected chi connectivity index (χ2v) is 11.4. The van der Waals surface area contributed by atoms with Crippen LogP contribution in [0, 0.1) is 0 Å². The third kappa shape index (κ3) is 3.61. The van der Waals surface area contributed by atoms with Gasteiger partial charge in [0.25, 0.3) is 0 Å². The van der Waals surface area contributed by atoms with Crippen LogP contribution in [0.5, 0.6) is 0 Å². The van der Waals surface area contributed by atoms with E-state index >= 15 is 0 Å². The van der Waals surface area contributed by atoms with E-state index in [-0.39, 0.29) is 36.0 Å². The van der Waals surface area contributed by atoms with Crippen LogP contribution < -0.4 is 10.6 Å². The van der Waals surface area contributed by atoms with Gasteiger partial charge in [-0.1, -0.05) is 23.7 Å². The predicted molar refractivity (Wildman–Crippen MR) is 122 cm³/mol. The zero-order valence-corrected chi connectivity index (χ0v) is 19.5. The maximum atomic E-state index is 13.6. The zero-order valence-electron chi connectivity index (χ0n) is 17.9. The summed E-state index contributed by atoms with van der Waals surface area (Å²) in [6, 6.07) is 10.3. The van der Waals surface area contributed by atoms with Crippen LogP contribution in [0.25, 0.3) is 10.8 Å². The van der Waals surface area contributed by atoms with Crippen molar-refractivity contribution in [1.29, 1.82) is 0 Å². The van der Waals surface area contributed by atoms with E-state index in [9.17, 15) is 13.2 Å². The van der Waals surface area contributed by atoms with Gasteiger partial charge in [-0.05, 0) is 61.0 Å². The lowest BCUT2D eigenvalue weighted by atomic mass is 9.89. The first-order valence-corrected chi connectivity index (χ1v) is 12.6. The molecule has 1 atom stereocenters. The maximum Gasteiger partial charge on any atom is 0.243 e. The van der Waals surface area contributed by atoms with Gasteiger partial charge in [-0.3, -0.25) is 10.1 Å². The van der Waals surface area contributed by atoms with Crippen molar-refractivity contribution in [2.75, 3.05) is 46.4 Å². The van der Waals surface area contributed by atoms with E-state index in [1.807, 2.05) is 0 Å². The first kappa shape index (κ1) is 22.1. The monoisotopic (exact) mass is 478 g/mol. The number of hydrogen-bond acceptors (Lipinski definition) is 6. The van der Waals surface area contributed by atoms with Crippen molar-refractivity contribution in [2.45, 2.75) is 28.9 Å². The van der Waals surface area contributed by atoms with Crippen LogP contribution in [0.4, 0.5) is 0 Å². The first-order chi connectivity index (χ1) is 15.3. The summed E-state index contributed by atoms with van der Waals surface area (Å²) < 4.78 is 34.0. The van der Waals surface area contributed by atoms with Gasteiger partial charge in [-0.25, -0.2) is 8.42 Å². The summed E-state index contributed by atoms with van der Waals surface area (Å²) in [5.41, 5.74) is -1.10. The summed E-state index contributed by atoms with van der Waals surface area (Å²) in [6.07, 6.45) is 1.75. The number of carbonyl (C=O) groups is 1. The molecule has 0 aliphatic carbocycles. The summed E-state index contributed by atoms with van der Waals surface area (Å²) in [6.45, 7) is 2.48. The Bertz CT molecular complexity index is 1170. The quantitative estimate of drug-likeness (QED) is 0.690. The Hall–Kier alpha value is -1.75. The molecule has 2 N–H and O–H groups in total. The number of benzene rings is 2. The Morgan fingerprint density at radius 3 is 2.56 bits per heavy atom. The summed E-state index contributed by atoms with van der Waals surface area (Å²) in [5.74, 6) is -0.202. The molecule has 8 nitrogen and oxygen atoms in total. The Morgan fingerprint density at radius 2 is 1.81 bits per heavy atom. The molecule has 0 aromatic heterocycles. The first-order valence-electron chi connectivity index (χ1n) is 10.8. The molecule has 32 heavy (non-hydrogen) atoms. The lowest BCUT2D eigenvalue weighted by Crippen LogP contribution is -2.70. The highest BCUT2D eigenvalue weighted by atomic mass is 35.5. The van der Waals surface area contributed by atoms with Crippen LogP contribution >= 0.6 is 11.6 Å². The molecule has 0 radical (unpaired) electrons. The van der Waals surface area contributed by atoms with Crippen LogP contribution in [0.15, 0.2) is 41.3 Å². The highest BCUT2D eigenvalue weighted by Crippen LogP contribution is 2.37. The van der Waals surface area contributed by atoms with E-state index in [0.29, 0.717) is 11.6 Å². The molecular weight excluding hydrogens is 452 g/mol. The van der Waals surface area contributed by atoms with Crippen LogP contribution in [-0.4, -0.2) is 81.2 Å². The number of piperazine rings is 1. The largest absolute Gasteiger partial charge is 0.381 e. The fourth-order valence-corrected chi connectivity index (χ4v) is 7.01. The van der Waals surface area contributed by atoms with E-state index in [1.165, 1.54) is 4.31 Å². The molecule has 10 heteroatoms. The zero-order chi connectivity index (χ0) is 22.6. The van der Waals surface area contributed by atoms with Gasteiger partial charge >= 0.3 is 0 Å². The predicted octanol–water partition coefficient (Wildman–Crippen LogP) is 1.39. The Morgan fingerprint density at radius 1 is 1.09 bits per heavy atom. The van der Waals surface area contributed by atoms with Crippen LogP contribution in [-0.2, 0) is 19.6 Å². The molecule has 3 saturated heterocycles. The number of amides is 1. The van der Waals surface area contributed by atoms with Crippen molar-refractivity contribution in [3.63, 3.8) is 0 Å². The molecule has 3 fully saturated rings. The molecule has 2 aromatic rings. The van der Waals surface area contributed by atoms with E-state index in [2.05, 4.69) is 10.6 Å². The van der Waals surface area contributed by atoms with Crippen LogP contribution in [0.2, 0.25) is 5.02 Å². The Kier molecular flexibility index (Phi) is 5.47.